The lowest BCUT2D eigenvalue weighted by atomic mass is 10.1. The highest BCUT2D eigenvalue weighted by molar-refractivity contribution is 5.95. The summed E-state index contributed by atoms with van der Waals surface area (Å²) in [6.45, 7) is 7.32. The van der Waals surface area contributed by atoms with Gasteiger partial charge >= 0.3 is 6.09 Å². The number of rotatable bonds is 11. The molecule has 0 bridgehead atoms. The first-order valence-corrected chi connectivity index (χ1v) is 9.79. The average Bonchev–Trinajstić information content (AvgIpc) is 2.66. The van der Waals surface area contributed by atoms with Crippen molar-refractivity contribution in [1.29, 1.82) is 5.26 Å². The maximum Gasteiger partial charge on any atom is 0.411 e. The molecule has 0 saturated heterocycles. The number of amides is 2. The summed E-state index contributed by atoms with van der Waals surface area (Å²) >= 11 is 0. The maximum absolute atomic E-state index is 12.3. The van der Waals surface area contributed by atoms with E-state index in [1.807, 2.05) is 13.8 Å². The number of carbonyl (C=O) groups is 2. The van der Waals surface area contributed by atoms with Crippen molar-refractivity contribution in [3.05, 3.63) is 29.8 Å². The lowest BCUT2D eigenvalue weighted by Gasteiger charge is -2.19. The Morgan fingerprint density at radius 2 is 1.78 bits per heavy atom. The average molecular weight is 373 g/mol. The summed E-state index contributed by atoms with van der Waals surface area (Å²) in [5.41, 5.74) is 1.13. The molecule has 148 valence electrons. The van der Waals surface area contributed by atoms with Crippen molar-refractivity contribution in [2.45, 2.75) is 65.4 Å². The van der Waals surface area contributed by atoms with Gasteiger partial charge in [-0.05, 0) is 51.0 Å². The molecule has 1 N–H and O–H groups in total. The number of nitrogens with zero attached hydrogens (tertiary/aromatic N) is 2. The molecule has 0 heterocycles. The minimum Gasteiger partial charge on any atom is -0.445 e. The maximum atomic E-state index is 12.3. The lowest BCUT2D eigenvalue weighted by Crippen LogP contribution is -2.30. The van der Waals surface area contributed by atoms with Crippen molar-refractivity contribution < 1.29 is 14.3 Å². The number of nitriles is 1. The minimum atomic E-state index is -0.575. The smallest absolute Gasteiger partial charge is 0.411 e. The van der Waals surface area contributed by atoms with Crippen molar-refractivity contribution in [3.63, 3.8) is 0 Å². The van der Waals surface area contributed by atoms with Crippen molar-refractivity contribution in [2.75, 3.05) is 18.4 Å². The molecule has 1 aromatic carbocycles. The van der Waals surface area contributed by atoms with Crippen LogP contribution in [0.3, 0.4) is 0 Å². The van der Waals surface area contributed by atoms with Gasteiger partial charge in [-0.2, -0.15) is 5.26 Å². The highest BCUT2D eigenvalue weighted by Crippen LogP contribution is 2.15. The number of unbranched alkanes of at least 4 members (excludes halogenated alkanes) is 3. The zero-order chi connectivity index (χ0) is 20.1. The molecule has 0 saturated carbocycles. The van der Waals surface area contributed by atoms with Gasteiger partial charge in [-0.25, -0.2) is 4.79 Å². The number of benzene rings is 1. The molecular weight excluding hydrogens is 342 g/mol. The number of anilines is 1. The Kier molecular flexibility index (Phi) is 10.6. The zero-order valence-electron chi connectivity index (χ0n) is 16.7. The molecule has 1 rings (SSSR count). The number of nitrogens with one attached hydrogen (secondary N) is 1. The third kappa shape index (κ3) is 8.12. The molecule has 27 heavy (non-hydrogen) atoms. The Bertz CT molecular complexity index is 619. The fourth-order valence-electron chi connectivity index (χ4n) is 2.79. The van der Waals surface area contributed by atoms with Crippen LogP contribution >= 0.6 is 0 Å². The predicted octanol–water partition coefficient (Wildman–Crippen LogP) is 4.97. The number of ether oxygens (including phenoxy) is 1. The molecule has 0 aliphatic rings. The van der Waals surface area contributed by atoms with Crippen molar-refractivity contribution in [3.8, 4) is 6.07 Å². The number of carbonyl (C=O) groups excluding carboxylic acids is 2. The molecule has 0 radical (unpaired) electrons. The first-order valence-electron chi connectivity index (χ1n) is 9.79. The number of hydrogen-bond acceptors (Lipinski definition) is 4. The van der Waals surface area contributed by atoms with Crippen LogP contribution < -0.4 is 5.32 Å². The SMILES string of the molecule is CCCCCCC(CC#N)OC(=O)Nc1ccc(C(=O)N(CC)CC)cc1. The van der Waals surface area contributed by atoms with Crippen LogP contribution in [0.2, 0.25) is 0 Å². The van der Waals surface area contributed by atoms with Gasteiger partial charge in [-0.3, -0.25) is 10.1 Å². The van der Waals surface area contributed by atoms with Crippen molar-refractivity contribution in [2.24, 2.45) is 0 Å². The second-order valence-electron chi connectivity index (χ2n) is 6.42. The summed E-state index contributed by atoms with van der Waals surface area (Å²) in [4.78, 5) is 26.1. The van der Waals surface area contributed by atoms with Crippen molar-refractivity contribution >= 4 is 17.7 Å². The third-order valence-electron chi connectivity index (χ3n) is 4.40. The number of hydrogen-bond donors (Lipinski definition) is 1. The molecular formula is C21H31N3O3. The van der Waals surface area contributed by atoms with Gasteiger partial charge in [0, 0.05) is 24.3 Å². The Morgan fingerprint density at radius 1 is 1.11 bits per heavy atom. The Labute approximate surface area is 162 Å². The van der Waals surface area contributed by atoms with E-state index >= 15 is 0 Å². The predicted molar refractivity (Wildman–Crippen MR) is 107 cm³/mol. The largest absolute Gasteiger partial charge is 0.445 e. The van der Waals surface area contributed by atoms with Gasteiger partial charge in [0.05, 0.1) is 12.5 Å². The topological polar surface area (TPSA) is 82.4 Å². The van der Waals surface area contributed by atoms with Gasteiger partial charge in [0.15, 0.2) is 0 Å². The fourth-order valence-corrected chi connectivity index (χ4v) is 2.79. The van der Waals surface area contributed by atoms with Crippen LogP contribution in [-0.4, -0.2) is 36.1 Å². The summed E-state index contributed by atoms with van der Waals surface area (Å²) in [7, 11) is 0. The standard InChI is InChI=1S/C21H31N3O3/c1-4-7-8-9-10-19(15-16-22)27-21(26)23-18-13-11-17(12-14-18)20(25)24(5-2)6-3/h11-14,19H,4-10,15H2,1-3H3,(H,23,26). The zero-order valence-corrected chi connectivity index (χ0v) is 16.7. The van der Waals surface area contributed by atoms with E-state index in [2.05, 4.69) is 18.3 Å². The van der Waals surface area contributed by atoms with Crippen LogP contribution in [0.5, 0.6) is 0 Å². The normalized spacial score (nSPS) is 11.3. The van der Waals surface area contributed by atoms with Gasteiger partial charge in [0.25, 0.3) is 5.91 Å². The van der Waals surface area contributed by atoms with Crippen LogP contribution in [0.1, 0.15) is 69.7 Å². The molecule has 1 aromatic rings. The molecule has 0 fully saturated rings. The van der Waals surface area contributed by atoms with E-state index in [1.165, 1.54) is 0 Å². The molecule has 0 aromatic heterocycles. The van der Waals surface area contributed by atoms with E-state index in [1.54, 1.807) is 29.2 Å². The van der Waals surface area contributed by atoms with Crippen LogP contribution in [0, 0.1) is 11.3 Å². The third-order valence-corrected chi connectivity index (χ3v) is 4.40. The van der Waals surface area contributed by atoms with Crippen LogP contribution in [0.4, 0.5) is 10.5 Å². The van der Waals surface area contributed by atoms with E-state index in [4.69, 9.17) is 10.00 Å². The van der Waals surface area contributed by atoms with E-state index in [0.29, 0.717) is 30.8 Å². The Balaban J connectivity index is 2.57. The Hall–Kier alpha value is -2.55. The summed E-state index contributed by atoms with van der Waals surface area (Å²) in [5, 5.41) is 11.6. The van der Waals surface area contributed by atoms with Crippen LogP contribution in [0.15, 0.2) is 24.3 Å². The summed E-state index contributed by atoms with van der Waals surface area (Å²) < 4.78 is 5.38. The molecule has 1 unspecified atom stereocenters. The van der Waals surface area contributed by atoms with Gasteiger partial charge in [0.1, 0.15) is 6.10 Å². The molecule has 6 nitrogen and oxygen atoms in total. The molecule has 0 spiro atoms. The van der Waals surface area contributed by atoms with E-state index in [0.717, 1.165) is 25.7 Å². The summed E-state index contributed by atoms with van der Waals surface area (Å²) in [6, 6.07) is 8.81. The summed E-state index contributed by atoms with van der Waals surface area (Å²) in [6.07, 6.45) is 4.21. The van der Waals surface area contributed by atoms with Gasteiger partial charge < -0.3 is 9.64 Å². The monoisotopic (exact) mass is 373 g/mol. The first kappa shape index (κ1) is 22.5. The van der Waals surface area contributed by atoms with Gasteiger partial charge in [-0.15, -0.1) is 0 Å². The summed E-state index contributed by atoms with van der Waals surface area (Å²) in [5.74, 6) is -0.0321. The van der Waals surface area contributed by atoms with Gasteiger partial charge in [0.2, 0.25) is 0 Å². The lowest BCUT2D eigenvalue weighted by molar-refractivity contribution is 0.0773. The van der Waals surface area contributed by atoms with E-state index in [-0.39, 0.29) is 12.3 Å². The van der Waals surface area contributed by atoms with E-state index < -0.39 is 12.2 Å². The highest BCUT2D eigenvalue weighted by Gasteiger charge is 2.15. The van der Waals surface area contributed by atoms with Gasteiger partial charge in [-0.1, -0.05) is 26.2 Å². The molecule has 6 heteroatoms. The molecule has 0 aliphatic heterocycles. The highest BCUT2D eigenvalue weighted by atomic mass is 16.6. The second kappa shape index (κ2) is 12.7. The quantitative estimate of drug-likeness (QED) is 0.555. The molecule has 0 aliphatic carbocycles. The van der Waals surface area contributed by atoms with Crippen LogP contribution in [-0.2, 0) is 4.74 Å². The first-order chi connectivity index (χ1) is 13.0. The fraction of sp³-hybridized carbons (Fsp3) is 0.571. The Morgan fingerprint density at radius 3 is 2.33 bits per heavy atom. The van der Waals surface area contributed by atoms with E-state index in [9.17, 15) is 9.59 Å². The van der Waals surface area contributed by atoms with Crippen LogP contribution in [0.25, 0.3) is 0 Å². The second-order valence-corrected chi connectivity index (χ2v) is 6.42. The molecule has 2 amide bonds. The molecule has 1 atom stereocenters. The van der Waals surface area contributed by atoms with Crippen molar-refractivity contribution in [1.82, 2.24) is 4.90 Å². The minimum absolute atomic E-state index is 0.0321.